The Bertz CT molecular complexity index is 630. The number of rotatable bonds is 9. The van der Waals surface area contributed by atoms with Crippen molar-refractivity contribution in [2.75, 3.05) is 6.54 Å². The first-order valence-corrected chi connectivity index (χ1v) is 8.49. The van der Waals surface area contributed by atoms with Gasteiger partial charge in [0.25, 0.3) is 0 Å². The number of nitrogens with one attached hydrogen (secondary N) is 3. The molecular weight excluding hydrogens is 345 g/mol. The van der Waals surface area contributed by atoms with E-state index in [4.69, 9.17) is 5.11 Å². The van der Waals surface area contributed by atoms with Gasteiger partial charge in [0.2, 0.25) is 11.8 Å². The third kappa shape index (κ3) is 7.07. The van der Waals surface area contributed by atoms with Gasteiger partial charge in [-0.1, -0.05) is 44.2 Å². The largest absolute Gasteiger partial charge is 1.00 e. The van der Waals surface area contributed by atoms with E-state index in [1.165, 1.54) is 0 Å². The fourth-order valence-electron chi connectivity index (χ4n) is 2.51. The molecule has 1 aromatic carbocycles. The minimum atomic E-state index is -1.07. The molecule has 7 nitrogen and oxygen atoms in total. The van der Waals surface area contributed by atoms with Gasteiger partial charge < -0.3 is 17.2 Å². The van der Waals surface area contributed by atoms with Gasteiger partial charge in [0.05, 0.1) is 0 Å². The summed E-state index contributed by atoms with van der Waals surface area (Å²) in [6.45, 7) is 4.68. The van der Waals surface area contributed by atoms with Crippen molar-refractivity contribution >= 4 is 17.8 Å². The van der Waals surface area contributed by atoms with E-state index in [1.807, 2.05) is 30.3 Å². The zero-order valence-electron chi connectivity index (χ0n) is 16.5. The Balaban J connectivity index is 0.00000338. The van der Waals surface area contributed by atoms with Crippen LogP contribution in [-0.4, -0.2) is 47.6 Å². The van der Waals surface area contributed by atoms with Gasteiger partial charge in [0.1, 0.15) is 18.1 Å². The molecule has 0 bridgehead atoms. The monoisotopic (exact) mass is 371 g/mol. The Morgan fingerprint density at radius 3 is 2.38 bits per heavy atom. The molecule has 0 saturated carbocycles. The summed E-state index contributed by atoms with van der Waals surface area (Å²) in [5.74, 6) is -1.33. The van der Waals surface area contributed by atoms with Crippen molar-refractivity contribution in [3.63, 3.8) is 0 Å². The molecular formula is C18H26N3NaO4. The maximum absolute atomic E-state index is 12.5. The number of carboxylic acids is 1. The molecule has 0 aliphatic carbocycles. The normalized spacial score (nSPS) is 19.2. The topological polar surface area (TPSA) is 117 Å². The van der Waals surface area contributed by atoms with Gasteiger partial charge in [0, 0.05) is 13.0 Å². The molecule has 0 aromatic heterocycles. The molecule has 138 valence electrons. The maximum atomic E-state index is 12.5. The van der Waals surface area contributed by atoms with Crippen LogP contribution in [0.5, 0.6) is 0 Å². The molecule has 1 aliphatic rings. The van der Waals surface area contributed by atoms with Crippen LogP contribution >= 0.6 is 0 Å². The summed E-state index contributed by atoms with van der Waals surface area (Å²) in [5.41, 5.74) is 0.922. The molecule has 1 aliphatic heterocycles. The number of carboxylic acid groups (broad SMARTS) is 1. The van der Waals surface area contributed by atoms with Gasteiger partial charge in [-0.2, -0.15) is 0 Å². The quantitative estimate of drug-likeness (QED) is 0.281. The van der Waals surface area contributed by atoms with Gasteiger partial charge in [-0.25, -0.2) is 0 Å². The zero-order chi connectivity index (χ0) is 18.4. The van der Waals surface area contributed by atoms with Gasteiger partial charge >= 0.3 is 35.5 Å². The number of hydrogen-bond acceptors (Lipinski definition) is 4. The molecule has 26 heavy (non-hydrogen) atoms. The van der Waals surface area contributed by atoms with Crippen molar-refractivity contribution in [3.8, 4) is 0 Å². The Labute approximate surface area is 177 Å². The van der Waals surface area contributed by atoms with Crippen LogP contribution < -0.4 is 45.5 Å². The van der Waals surface area contributed by atoms with Crippen molar-refractivity contribution < 1.29 is 50.5 Å². The fraction of sp³-hybridized carbons (Fsp3) is 0.500. The van der Waals surface area contributed by atoms with Crippen LogP contribution in [0.25, 0.3) is 0 Å². The predicted octanol–water partition coefficient (Wildman–Crippen LogP) is -2.58. The first-order valence-electron chi connectivity index (χ1n) is 8.49. The first-order chi connectivity index (χ1) is 11.9. The average molecular weight is 371 g/mol. The van der Waals surface area contributed by atoms with Crippen LogP contribution in [0.15, 0.2) is 30.3 Å². The number of hydrogen-bond donors (Lipinski definition) is 4. The molecule has 8 heteroatoms. The van der Waals surface area contributed by atoms with Crippen molar-refractivity contribution in [2.24, 2.45) is 5.92 Å². The summed E-state index contributed by atoms with van der Waals surface area (Å²) in [7, 11) is 0. The van der Waals surface area contributed by atoms with E-state index in [0.717, 1.165) is 12.0 Å². The molecule has 1 fully saturated rings. The number of carbonyl (C=O) groups is 3. The molecule has 0 spiro atoms. The Hall–Kier alpha value is -1.41. The van der Waals surface area contributed by atoms with Crippen molar-refractivity contribution in [1.29, 1.82) is 0 Å². The van der Waals surface area contributed by atoms with E-state index in [0.29, 0.717) is 18.9 Å². The SMILES string of the molecule is CC(C)CCNC(=O)[C@H](Cc1ccccc1)NC(=O)[C@H]1N[C@@H]1C(=O)O.[H-].[Na+]. The second-order valence-corrected chi connectivity index (χ2v) is 6.68. The van der Waals surface area contributed by atoms with E-state index in [-0.39, 0.29) is 36.9 Å². The summed E-state index contributed by atoms with van der Waals surface area (Å²) >= 11 is 0. The fourth-order valence-corrected chi connectivity index (χ4v) is 2.51. The molecule has 3 atom stereocenters. The van der Waals surface area contributed by atoms with E-state index >= 15 is 0 Å². The van der Waals surface area contributed by atoms with Gasteiger partial charge in [-0.05, 0) is 17.9 Å². The zero-order valence-corrected chi connectivity index (χ0v) is 17.5. The number of carbonyl (C=O) groups excluding carboxylic acids is 2. The molecule has 0 unspecified atom stereocenters. The van der Waals surface area contributed by atoms with E-state index < -0.39 is 30.0 Å². The summed E-state index contributed by atoms with van der Waals surface area (Å²) in [6.07, 6.45) is 1.20. The Morgan fingerprint density at radius 2 is 1.85 bits per heavy atom. The molecule has 2 amide bonds. The second-order valence-electron chi connectivity index (χ2n) is 6.68. The van der Waals surface area contributed by atoms with E-state index in [2.05, 4.69) is 29.8 Å². The molecule has 1 aromatic rings. The minimum Gasteiger partial charge on any atom is -1.00 e. The Morgan fingerprint density at radius 1 is 1.19 bits per heavy atom. The Kier molecular flexibility index (Phi) is 9.29. The molecule has 2 rings (SSSR count). The third-order valence-electron chi connectivity index (χ3n) is 4.07. The van der Waals surface area contributed by atoms with Crippen LogP contribution in [0.4, 0.5) is 0 Å². The number of amides is 2. The predicted molar refractivity (Wildman–Crippen MR) is 94.0 cm³/mol. The third-order valence-corrected chi connectivity index (χ3v) is 4.07. The molecule has 4 N–H and O–H groups in total. The van der Waals surface area contributed by atoms with E-state index in [1.54, 1.807) is 0 Å². The summed E-state index contributed by atoms with van der Waals surface area (Å²) in [4.78, 5) is 35.5. The number of aliphatic carboxylic acids is 1. The maximum Gasteiger partial charge on any atom is 1.00 e. The van der Waals surface area contributed by atoms with Gasteiger partial charge in [0.15, 0.2) is 0 Å². The molecule has 1 saturated heterocycles. The summed E-state index contributed by atoms with van der Waals surface area (Å²) in [5, 5.41) is 17.0. The smallest absolute Gasteiger partial charge is 1.00 e. The first kappa shape index (κ1) is 22.6. The van der Waals surface area contributed by atoms with Gasteiger partial charge in [-0.3, -0.25) is 19.7 Å². The van der Waals surface area contributed by atoms with Crippen LogP contribution in [0, 0.1) is 5.92 Å². The van der Waals surface area contributed by atoms with Gasteiger partial charge in [-0.15, -0.1) is 0 Å². The van der Waals surface area contributed by atoms with Crippen molar-refractivity contribution in [3.05, 3.63) is 35.9 Å². The minimum absolute atomic E-state index is 0. The molecule has 0 radical (unpaired) electrons. The van der Waals surface area contributed by atoms with E-state index in [9.17, 15) is 14.4 Å². The summed E-state index contributed by atoms with van der Waals surface area (Å²) in [6, 6.07) is 7.00. The average Bonchev–Trinajstić information content (AvgIpc) is 3.35. The number of benzene rings is 1. The van der Waals surface area contributed by atoms with Crippen LogP contribution in [0.1, 0.15) is 27.3 Å². The standard InChI is InChI=1S/C18H25N3O4.Na.H/c1-11(2)8-9-19-16(22)13(10-12-6-4-3-5-7-12)20-17(23)14-15(21-14)18(24)25;;/h3-7,11,13-15,21H,8-10H2,1-2H3,(H,19,22)(H,20,23)(H,24,25);;/q;+1;-1/t13-,14-,15-;;/m0../s1. The summed E-state index contributed by atoms with van der Waals surface area (Å²) < 4.78 is 0. The molecule has 1 heterocycles. The van der Waals surface area contributed by atoms with Crippen LogP contribution in [0.3, 0.4) is 0 Å². The van der Waals surface area contributed by atoms with Crippen LogP contribution in [-0.2, 0) is 20.8 Å². The second kappa shape index (κ2) is 10.7. The van der Waals surface area contributed by atoms with Crippen LogP contribution in [0.2, 0.25) is 0 Å². The van der Waals surface area contributed by atoms with Crippen molar-refractivity contribution in [2.45, 2.75) is 44.8 Å². The van der Waals surface area contributed by atoms with Crippen molar-refractivity contribution in [1.82, 2.24) is 16.0 Å².